The van der Waals surface area contributed by atoms with E-state index in [0.29, 0.717) is 16.7 Å². The Hall–Kier alpha value is -2.87. The highest BCUT2D eigenvalue weighted by Crippen LogP contribution is 2.24. The maximum Gasteiger partial charge on any atom is 0.234 e. The van der Waals surface area contributed by atoms with Gasteiger partial charge in [0.15, 0.2) is 17.1 Å². The molecule has 1 heterocycles. The van der Waals surface area contributed by atoms with Gasteiger partial charge in [0.25, 0.3) is 0 Å². The lowest BCUT2D eigenvalue weighted by Crippen LogP contribution is -2.15. The molecule has 1 unspecified atom stereocenters. The van der Waals surface area contributed by atoms with Crippen LogP contribution in [-0.4, -0.2) is 26.4 Å². The Morgan fingerprint density at radius 3 is 2.52 bits per heavy atom. The molecule has 1 amide bonds. The predicted molar refractivity (Wildman–Crippen MR) is 112 cm³/mol. The lowest BCUT2D eigenvalue weighted by Gasteiger charge is -2.14. The average molecular weight is 415 g/mol. The molecular weight excluding hydrogens is 391 g/mol. The van der Waals surface area contributed by atoms with Gasteiger partial charge in [0, 0.05) is 12.7 Å². The SMILES string of the molecule is CCc1ccc(NC(=O)CSc2nnc(C(C)Oc3ccc(F)cc3)n2C)cc1. The van der Waals surface area contributed by atoms with Gasteiger partial charge in [-0.25, -0.2) is 4.39 Å². The lowest BCUT2D eigenvalue weighted by atomic mass is 10.1. The highest BCUT2D eigenvalue weighted by atomic mass is 32.2. The zero-order valence-electron chi connectivity index (χ0n) is 16.6. The van der Waals surface area contributed by atoms with Gasteiger partial charge < -0.3 is 14.6 Å². The minimum atomic E-state index is -0.377. The Bertz CT molecular complexity index is 958. The topological polar surface area (TPSA) is 69.0 Å². The third-order valence-corrected chi connectivity index (χ3v) is 5.36. The third kappa shape index (κ3) is 5.57. The highest BCUT2D eigenvalue weighted by Gasteiger charge is 2.18. The van der Waals surface area contributed by atoms with Crippen molar-refractivity contribution in [3.8, 4) is 5.75 Å². The molecule has 0 aliphatic heterocycles. The van der Waals surface area contributed by atoms with E-state index in [0.717, 1.165) is 12.1 Å². The first kappa shape index (κ1) is 20.9. The van der Waals surface area contributed by atoms with Crippen LogP contribution >= 0.6 is 11.8 Å². The minimum absolute atomic E-state index is 0.112. The third-order valence-electron chi connectivity index (χ3n) is 4.34. The summed E-state index contributed by atoms with van der Waals surface area (Å²) in [6.45, 7) is 3.93. The smallest absolute Gasteiger partial charge is 0.234 e. The number of nitrogens with zero attached hydrogens (tertiary/aromatic N) is 3. The molecule has 2 aromatic carbocycles. The van der Waals surface area contributed by atoms with Gasteiger partial charge in [0.2, 0.25) is 5.91 Å². The van der Waals surface area contributed by atoms with Crippen LogP contribution in [0.25, 0.3) is 0 Å². The molecule has 29 heavy (non-hydrogen) atoms. The summed E-state index contributed by atoms with van der Waals surface area (Å²) in [6.07, 6.45) is 0.584. The summed E-state index contributed by atoms with van der Waals surface area (Å²) >= 11 is 1.30. The van der Waals surface area contributed by atoms with Crippen molar-refractivity contribution in [1.82, 2.24) is 14.8 Å². The van der Waals surface area contributed by atoms with Crippen LogP contribution in [0.2, 0.25) is 0 Å². The van der Waals surface area contributed by atoms with Crippen molar-refractivity contribution >= 4 is 23.4 Å². The molecule has 1 atom stereocenters. The predicted octanol–water partition coefficient (Wildman–Crippen LogP) is 4.39. The molecule has 8 heteroatoms. The van der Waals surface area contributed by atoms with E-state index in [9.17, 15) is 9.18 Å². The quantitative estimate of drug-likeness (QED) is 0.554. The van der Waals surface area contributed by atoms with Crippen LogP contribution in [0.1, 0.15) is 31.3 Å². The molecule has 0 spiro atoms. The van der Waals surface area contributed by atoms with Crippen molar-refractivity contribution < 1.29 is 13.9 Å². The molecule has 152 valence electrons. The summed E-state index contributed by atoms with van der Waals surface area (Å²) in [5.41, 5.74) is 1.99. The first-order valence-corrected chi connectivity index (χ1v) is 10.3. The van der Waals surface area contributed by atoms with Crippen molar-refractivity contribution in [2.75, 3.05) is 11.1 Å². The maximum absolute atomic E-state index is 13.0. The summed E-state index contributed by atoms with van der Waals surface area (Å²) in [7, 11) is 1.82. The van der Waals surface area contributed by atoms with Crippen molar-refractivity contribution in [3.63, 3.8) is 0 Å². The van der Waals surface area contributed by atoms with E-state index in [-0.39, 0.29) is 23.6 Å². The van der Waals surface area contributed by atoms with Crippen LogP contribution in [0, 0.1) is 5.82 Å². The Morgan fingerprint density at radius 1 is 1.17 bits per heavy atom. The number of rotatable bonds is 8. The van der Waals surface area contributed by atoms with Crippen molar-refractivity contribution in [1.29, 1.82) is 0 Å². The number of anilines is 1. The summed E-state index contributed by atoms with van der Waals surface area (Å²) in [5.74, 6) is 0.952. The Labute approximate surface area is 173 Å². The number of aromatic nitrogens is 3. The maximum atomic E-state index is 13.0. The molecule has 0 saturated carbocycles. The fourth-order valence-corrected chi connectivity index (χ4v) is 3.44. The molecule has 3 rings (SSSR count). The second-order valence-corrected chi connectivity index (χ2v) is 7.44. The lowest BCUT2D eigenvalue weighted by molar-refractivity contribution is -0.113. The zero-order chi connectivity index (χ0) is 20.8. The highest BCUT2D eigenvalue weighted by molar-refractivity contribution is 7.99. The van der Waals surface area contributed by atoms with Crippen LogP contribution in [0.4, 0.5) is 10.1 Å². The Balaban J connectivity index is 1.55. The molecule has 0 aliphatic rings. The second-order valence-electron chi connectivity index (χ2n) is 6.50. The molecule has 0 fully saturated rings. The van der Waals surface area contributed by atoms with Gasteiger partial charge in [-0.3, -0.25) is 4.79 Å². The fraction of sp³-hybridized carbons (Fsp3) is 0.286. The fourth-order valence-electron chi connectivity index (χ4n) is 2.73. The number of aryl methyl sites for hydroxylation is 1. The van der Waals surface area contributed by atoms with E-state index in [1.54, 1.807) is 16.7 Å². The van der Waals surface area contributed by atoms with Crippen molar-refractivity contribution in [2.45, 2.75) is 31.5 Å². The van der Waals surface area contributed by atoms with E-state index in [2.05, 4.69) is 22.4 Å². The molecule has 1 N–H and O–H groups in total. The van der Waals surface area contributed by atoms with Gasteiger partial charge in [-0.05, 0) is 55.3 Å². The van der Waals surface area contributed by atoms with Crippen LogP contribution in [0.3, 0.4) is 0 Å². The monoisotopic (exact) mass is 414 g/mol. The van der Waals surface area contributed by atoms with E-state index < -0.39 is 0 Å². The van der Waals surface area contributed by atoms with E-state index in [1.165, 1.54) is 29.5 Å². The molecule has 0 radical (unpaired) electrons. The van der Waals surface area contributed by atoms with Gasteiger partial charge in [-0.2, -0.15) is 0 Å². The molecule has 6 nitrogen and oxygen atoms in total. The largest absolute Gasteiger partial charge is 0.483 e. The van der Waals surface area contributed by atoms with Gasteiger partial charge in [-0.1, -0.05) is 30.8 Å². The average Bonchev–Trinajstić information content (AvgIpc) is 3.09. The number of hydrogen-bond acceptors (Lipinski definition) is 5. The molecule has 0 bridgehead atoms. The normalized spacial score (nSPS) is 11.9. The summed E-state index contributed by atoms with van der Waals surface area (Å²) in [5, 5.41) is 11.8. The number of halogens is 1. The molecular formula is C21H23FN4O2S. The van der Waals surface area contributed by atoms with Gasteiger partial charge in [0.1, 0.15) is 11.6 Å². The number of carbonyl (C=O) groups excluding carboxylic acids is 1. The number of thioether (sulfide) groups is 1. The minimum Gasteiger partial charge on any atom is -0.483 e. The Kier molecular flexibility index (Phi) is 6.87. The second kappa shape index (κ2) is 9.56. The van der Waals surface area contributed by atoms with Crippen LogP contribution < -0.4 is 10.1 Å². The summed E-state index contributed by atoms with van der Waals surface area (Å²) < 4.78 is 20.6. The number of ether oxygens (including phenoxy) is 1. The van der Waals surface area contributed by atoms with E-state index in [1.807, 2.05) is 38.2 Å². The zero-order valence-corrected chi connectivity index (χ0v) is 17.4. The molecule has 3 aromatic rings. The first-order chi connectivity index (χ1) is 14.0. The van der Waals surface area contributed by atoms with E-state index in [4.69, 9.17) is 4.74 Å². The first-order valence-electron chi connectivity index (χ1n) is 9.29. The van der Waals surface area contributed by atoms with Crippen molar-refractivity contribution in [2.24, 2.45) is 7.05 Å². The van der Waals surface area contributed by atoms with Crippen LogP contribution in [0.5, 0.6) is 5.75 Å². The van der Waals surface area contributed by atoms with E-state index >= 15 is 0 Å². The van der Waals surface area contributed by atoms with Crippen molar-refractivity contribution in [3.05, 3.63) is 65.7 Å². The number of carbonyl (C=O) groups is 1. The number of hydrogen-bond donors (Lipinski definition) is 1. The van der Waals surface area contributed by atoms with Gasteiger partial charge in [-0.15, -0.1) is 10.2 Å². The molecule has 1 aromatic heterocycles. The summed E-state index contributed by atoms with van der Waals surface area (Å²) in [4.78, 5) is 12.2. The number of nitrogens with one attached hydrogen (secondary N) is 1. The summed E-state index contributed by atoms with van der Waals surface area (Å²) in [6, 6.07) is 13.6. The van der Waals surface area contributed by atoms with Gasteiger partial charge in [0.05, 0.1) is 5.75 Å². The molecule has 0 saturated heterocycles. The van der Waals surface area contributed by atoms with Crippen LogP contribution in [0.15, 0.2) is 53.7 Å². The van der Waals surface area contributed by atoms with Crippen LogP contribution in [-0.2, 0) is 18.3 Å². The number of benzene rings is 2. The standard InChI is InChI=1S/C21H23FN4O2S/c1-4-15-5-9-17(10-6-15)23-19(27)13-29-21-25-24-20(26(21)3)14(2)28-18-11-7-16(22)8-12-18/h5-12,14H,4,13H2,1-3H3,(H,23,27). The number of amides is 1. The van der Waals surface area contributed by atoms with Gasteiger partial charge >= 0.3 is 0 Å². The Morgan fingerprint density at radius 2 is 1.86 bits per heavy atom. The molecule has 0 aliphatic carbocycles.